The number of nitrogens with one attached hydrogen (secondary N) is 3. The first kappa shape index (κ1) is 14.6. The number of benzene rings is 1. The van der Waals surface area contributed by atoms with Crippen LogP contribution in [0.4, 0.5) is 4.79 Å². The summed E-state index contributed by atoms with van der Waals surface area (Å²) in [4.78, 5) is 13.1. The first-order valence-electron chi connectivity index (χ1n) is 6.84. The topological polar surface area (TPSA) is 56.4 Å². The molecule has 3 N–H and O–H groups in total. The molecule has 5 nitrogen and oxygen atoms in total. The summed E-state index contributed by atoms with van der Waals surface area (Å²) in [5.41, 5.74) is 1.29. The summed E-state index contributed by atoms with van der Waals surface area (Å²) in [7, 11) is 0. The van der Waals surface area contributed by atoms with Crippen molar-refractivity contribution >= 4 is 23.4 Å². The summed E-state index contributed by atoms with van der Waals surface area (Å²) in [6.07, 6.45) is 0.942. The number of hydrogen-bond donors (Lipinski definition) is 3. The number of carbonyl (C=O) groups excluding carboxylic acids is 1. The molecule has 1 aliphatic heterocycles. The highest BCUT2D eigenvalue weighted by atomic mass is 32.1. The van der Waals surface area contributed by atoms with Gasteiger partial charge < -0.3 is 20.9 Å². The van der Waals surface area contributed by atoms with Crippen LogP contribution >= 0.6 is 12.2 Å². The lowest BCUT2D eigenvalue weighted by Crippen LogP contribution is -2.41. The molecule has 2 amide bonds. The zero-order chi connectivity index (χ0) is 14.2. The Morgan fingerprint density at radius 2 is 2.00 bits per heavy atom. The van der Waals surface area contributed by atoms with Gasteiger partial charge in [-0.05, 0) is 24.2 Å². The second kappa shape index (κ2) is 7.69. The van der Waals surface area contributed by atoms with E-state index in [-0.39, 0.29) is 6.03 Å². The molecule has 0 bridgehead atoms. The van der Waals surface area contributed by atoms with Crippen molar-refractivity contribution in [3.63, 3.8) is 0 Å². The van der Waals surface area contributed by atoms with E-state index in [0.29, 0.717) is 18.2 Å². The molecule has 0 radical (unpaired) electrons. The van der Waals surface area contributed by atoms with Crippen LogP contribution in [0.3, 0.4) is 0 Å². The van der Waals surface area contributed by atoms with Crippen molar-refractivity contribution in [1.29, 1.82) is 0 Å². The third kappa shape index (κ3) is 4.70. The average Bonchev–Trinajstić information content (AvgIpc) is 2.86. The molecule has 0 aromatic heterocycles. The third-order valence-corrected chi connectivity index (χ3v) is 3.44. The monoisotopic (exact) mass is 292 g/mol. The summed E-state index contributed by atoms with van der Waals surface area (Å²) in [5.74, 6) is 0. The Hall–Kier alpha value is -1.82. The lowest BCUT2D eigenvalue weighted by atomic mass is 10.1. The van der Waals surface area contributed by atoms with E-state index in [4.69, 9.17) is 12.2 Å². The van der Waals surface area contributed by atoms with Crippen LogP contribution in [0.5, 0.6) is 0 Å². The molecule has 108 valence electrons. The number of thiocarbonyl (C=S) groups is 1. The second-order valence-electron chi connectivity index (χ2n) is 4.64. The molecule has 20 heavy (non-hydrogen) atoms. The lowest BCUT2D eigenvalue weighted by Gasteiger charge is -2.15. The van der Waals surface area contributed by atoms with Gasteiger partial charge in [-0.25, -0.2) is 4.79 Å². The molecule has 1 aliphatic rings. The minimum Gasteiger partial charge on any atom is -0.362 e. The van der Waals surface area contributed by atoms with Gasteiger partial charge in [-0.3, -0.25) is 0 Å². The van der Waals surface area contributed by atoms with Crippen LogP contribution in [0.25, 0.3) is 0 Å². The fraction of sp³-hybridized carbons (Fsp3) is 0.429. The Balaban J connectivity index is 1.55. The van der Waals surface area contributed by atoms with Gasteiger partial charge in [0, 0.05) is 32.7 Å². The molecule has 1 aromatic carbocycles. The molecule has 1 heterocycles. The number of urea groups is 1. The Labute approximate surface area is 124 Å². The first-order chi connectivity index (χ1) is 9.75. The normalized spacial score (nSPS) is 14.0. The number of hydrogen-bond acceptors (Lipinski definition) is 2. The van der Waals surface area contributed by atoms with Crippen molar-refractivity contribution in [2.75, 3.05) is 32.7 Å². The zero-order valence-corrected chi connectivity index (χ0v) is 12.2. The van der Waals surface area contributed by atoms with E-state index in [0.717, 1.165) is 26.1 Å². The van der Waals surface area contributed by atoms with E-state index in [2.05, 4.69) is 28.1 Å². The predicted molar refractivity (Wildman–Crippen MR) is 83.7 cm³/mol. The summed E-state index contributed by atoms with van der Waals surface area (Å²) in [5, 5.41) is 9.69. The van der Waals surface area contributed by atoms with E-state index in [1.807, 2.05) is 18.2 Å². The standard InChI is InChI=1S/C14H20N4OS/c19-14-17-9-11-18(14)10-8-16-13(20)15-7-6-12-4-2-1-3-5-12/h1-5H,6-11H2,(H,17,19)(H2,15,16,20). The van der Waals surface area contributed by atoms with Crippen LogP contribution in [0, 0.1) is 0 Å². The maximum absolute atomic E-state index is 11.3. The van der Waals surface area contributed by atoms with Gasteiger partial charge >= 0.3 is 6.03 Å². The summed E-state index contributed by atoms with van der Waals surface area (Å²) in [6, 6.07) is 10.3. The van der Waals surface area contributed by atoms with E-state index >= 15 is 0 Å². The maximum atomic E-state index is 11.3. The van der Waals surface area contributed by atoms with E-state index in [1.54, 1.807) is 4.90 Å². The Morgan fingerprint density at radius 1 is 1.25 bits per heavy atom. The number of amides is 2. The molecule has 0 spiro atoms. The highest BCUT2D eigenvalue weighted by Gasteiger charge is 2.18. The minimum atomic E-state index is 0.00903. The molecule has 0 saturated carbocycles. The van der Waals surface area contributed by atoms with Crippen molar-refractivity contribution in [2.24, 2.45) is 0 Å². The van der Waals surface area contributed by atoms with Gasteiger partial charge in [0.25, 0.3) is 0 Å². The van der Waals surface area contributed by atoms with Crippen LogP contribution < -0.4 is 16.0 Å². The molecule has 6 heteroatoms. The molecule has 2 rings (SSSR count). The van der Waals surface area contributed by atoms with Crippen LogP contribution in [0.2, 0.25) is 0 Å². The highest BCUT2D eigenvalue weighted by molar-refractivity contribution is 7.80. The van der Waals surface area contributed by atoms with Crippen LogP contribution in [-0.4, -0.2) is 48.8 Å². The quantitative estimate of drug-likeness (QED) is 0.676. The maximum Gasteiger partial charge on any atom is 0.317 e. The molecule has 1 aromatic rings. The van der Waals surface area contributed by atoms with E-state index in [9.17, 15) is 4.79 Å². The molecule has 1 fully saturated rings. The predicted octanol–water partition coefficient (Wildman–Crippen LogP) is 0.718. The molecule has 1 saturated heterocycles. The molecule has 0 atom stereocenters. The van der Waals surface area contributed by atoms with Gasteiger partial charge in [0.2, 0.25) is 0 Å². The second-order valence-corrected chi connectivity index (χ2v) is 5.05. The molecular formula is C14H20N4OS. The van der Waals surface area contributed by atoms with Crippen LogP contribution in [-0.2, 0) is 6.42 Å². The highest BCUT2D eigenvalue weighted by Crippen LogP contribution is 1.98. The average molecular weight is 292 g/mol. The Bertz CT molecular complexity index is 452. The minimum absolute atomic E-state index is 0.00903. The molecular weight excluding hydrogens is 272 g/mol. The van der Waals surface area contributed by atoms with Gasteiger partial charge in [0.05, 0.1) is 0 Å². The van der Waals surface area contributed by atoms with Gasteiger partial charge in [-0.2, -0.15) is 0 Å². The number of rotatable bonds is 6. The SMILES string of the molecule is O=C1NCCN1CCNC(=S)NCCc1ccccc1. The molecule has 0 unspecified atom stereocenters. The zero-order valence-electron chi connectivity index (χ0n) is 11.4. The van der Waals surface area contributed by atoms with Crippen molar-refractivity contribution in [3.8, 4) is 0 Å². The molecule has 0 aliphatic carbocycles. The number of carbonyl (C=O) groups is 1. The van der Waals surface area contributed by atoms with Crippen molar-refractivity contribution in [2.45, 2.75) is 6.42 Å². The van der Waals surface area contributed by atoms with Crippen LogP contribution in [0.15, 0.2) is 30.3 Å². The van der Waals surface area contributed by atoms with Gasteiger partial charge in [0.15, 0.2) is 5.11 Å². The fourth-order valence-corrected chi connectivity index (χ4v) is 2.26. The summed E-state index contributed by atoms with van der Waals surface area (Å²) < 4.78 is 0. The van der Waals surface area contributed by atoms with Gasteiger partial charge in [-0.15, -0.1) is 0 Å². The summed E-state index contributed by atoms with van der Waals surface area (Å²) in [6.45, 7) is 3.66. The van der Waals surface area contributed by atoms with Crippen molar-refractivity contribution in [1.82, 2.24) is 20.9 Å². The lowest BCUT2D eigenvalue weighted by molar-refractivity contribution is 0.218. The van der Waals surface area contributed by atoms with Crippen molar-refractivity contribution in [3.05, 3.63) is 35.9 Å². The van der Waals surface area contributed by atoms with Gasteiger partial charge in [-0.1, -0.05) is 30.3 Å². The Kier molecular flexibility index (Phi) is 5.61. The van der Waals surface area contributed by atoms with Crippen molar-refractivity contribution < 1.29 is 4.79 Å². The van der Waals surface area contributed by atoms with E-state index in [1.165, 1.54) is 5.56 Å². The largest absolute Gasteiger partial charge is 0.362 e. The third-order valence-electron chi connectivity index (χ3n) is 3.15. The van der Waals surface area contributed by atoms with Crippen LogP contribution in [0.1, 0.15) is 5.56 Å². The van der Waals surface area contributed by atoms with E-state index < -0.39 is 0 Å². The fourth-order valence-electron chi connectivity index (χ4n) is 2.06. The summed E-state index contributed by atoms with van der Waals surface area (Å²) >= 11 is 5.20. The number of nitrogens with zero attached hydrogens (tertiary/aromatic N) is 1. The van der Waals surface area contributed by atoms with Gasteiger partial charge in [0.1, 0.15) is 0 Å². The smallest absolute Gasteiger partial charge is 0.317 e. The first-order valence-corrected chi connectivity index (χ1v) is 7.25. The Morgan fingerprint density at radius 3 is 2.70 bits per heavy atom.